The molecular weight excluding hydrogens is 260 g/mol. The Morgan fingerprint density at radius 1 is 1.45 bits per heavy atom. The second-order valence-corrected chi connectivity index (χ2v) is 4.49. The van der Waals surface area contributed by atoms with Crippen LogP contribution in [0.1, 0.15) is 25.8 Å². The van der Waals surface area contributed by atoms with E-state index in [0.29, 0.717) is 24.5 Å². The van der Waals surface area contributed by atoms with Gasteiger partial charge in [-0.3, -0.25) is 14.9 Å². The Labute approximate surface area is 116 Å². The van der Waals surface area contributed by atoms with Gasteiger partial charge in [-0.25, -0.2) is 15.8 Å². The molecule has 0 spiro atoms. The van der Waals surface area contributed by atoms with Crippen molar-refractivity contribution in [1.29, 1.82) is 0 Å². The zero-order valence-corrected chi connectivity index (χ0v) is 11.5. The summed E-state index contributed by atoms with van der Waals surface area (Å²) < 4.78 is 0. The van der Waals surface area contributed by atoms with Gasteiger partial charge in [-0.05, 0) is 12.8 Å². The zero-order valence-electron chi connectivity index (χ0n) is 11.5. The van der Waals surface area contributed by atoms with Gasteiger partial charge in [0.1, 0.15) is 24.0 Å². The molecule has 1 aromatic rings. The van der Waals surface area contributed by atoms with E-state index in [2.05, 4.69) is 20.7 Å². The number of amides is 2. The molecule has 0 radical (unpaired) electrons. The van der Waals surface area contributed by atoms with Crippen LogP contribution >= 0.6 is 0 Å². The van der Waals surface area contributed by atoms with E-state index < -0.39 is 6.04 Å². The van der Waals surface area contributed by atoms with Crippen LogP contribution in [0.4, 0.5) is 11.6 Å². The third-order valence-corrected chi connectivity index (χ3v) is 3.33. The molecule has 1 fully saturated rings. The Kier molecular flexibility index (Phi) is 4.14. The van der Waals surface area contributed by atoms with Crippen LogP contribution < -0.4 is 21.5 Å². The van der Waals surface area contributed by atoms with Crippen LogP contribution in [0.5, 0.6) is 0 Å². The number of piperazine rings is 1. The van der Waals surface area contributed by atoms with Crippen LogP contribution in [0, 0.1) is 0 Å². The second-order valence-electron chi connectivity index (χ2n) is 4.49. The minimum absolute atomic E-state index is 0.0955. The molecule has 2 rings (SSSR count). The van der Waals surface area contributed by atoms with Crippen molar-refractivity contribution >= 4 is 23.5 Å². The molecule has 1 aromatic heterocycles. The van der Waals surface area contributed by atoms with Gasteiger partial charge < -0.3 is 10.3 Å². The van der Waals surface area contributed by atoms with Crippen LogP contribution in [0.3, 0.4) is 0 Å². The smallest absolute Gasteiger partial charge is 0.249 e. The summed E-state index contributed by atoms with van der Waals surface area (Å²) in [6.45, 7) is 3.93. The molecular formula is C12H18N6O2. The van der Waals surface area contributed by atoms with Gasteiger partial charge in [-0.2, -0.15) is 0 Å². The van der Waals surface area contributed by atoms with Gasteiger partial charge >= 0.3 is 0 Å². The summed E-state index contributed by atoms with van der Waals surface area (Å²) >= 11 is 0. The van der Waals surface area contributed by atoms with Crippen LogP contribution in [0.2, 0.25) is 0 Å². The number of hydrazine groups is 1. The highest BCUT2D eigenvalue weighted by Gasteiger charge is 2.34. The van der Waals surface area contributed by atoms with Crippen LogP contribution in [0.25, 0.3) is 0 Å². The number of anilines is 2. The molecule has 1 saturated heterocycles. The number of carbonyl (C=O) groups excluding carboxylic acids is 2. The summed E-state index contributed by atoms with van der Waals surface area (Å²) in [4.78, 5) is 33.5. The average molecular weight is 278 g/mol. The predicted molar refractivity (Wildman–Crippen MR) is 73.8 cm³/mol. The van der Waals surface area contributed by atoms with Crippen molar-refractivity contribution in [3.05, 3.63) is 11.9 Å². The van der Waals surface area contributed by atoms with Crippen molar-refractivity contribution in [2.24, 2.45) is 5.84 Å². The van der Waals surface area contributed by atoms with E-state index in [0.717, 1.165) is 5.56 Å². The number of imide groups is 1. The summed E-state index contributed by atoms with van der Waals surface area (Å²) in [5.74, 6) is 5.89. The summed E-state index contributed by atoms with van der Waals surface area (Å²) in [7, 11) is 0. The Bertz CT molecular complexity index is 533. The number of rotatable bonds is 4. The first kappa shape index (κ1) is 14.2. The lowest BCUT2D eigenvalue weighted by atomic mass is 10.1. The first-order valence-corrected chi connectivity index (χ1v) is 6.53. The van der Waals surface area contributed by atoms with E-state index in [9.17, 15) is 9.59 Å². The number of nitrogens with two attached hydrogens (primary N) is 1. The van der Waals surface area contributed by atoms with Crippen molar-refractivity contribution in [3.63, 3.8) is 0 Å². The quantitative estimate of drug-likeness (QED) is 0.389. The molecule has 0 aromatic carbocycles. The molecule has 4 N–H and O–H groups in total. The normalized spacial score (nSPS) is 18.9. The average Bonchev–Trinajstić information content (AvgIpc) is 2.45. The Hall–Kier alpha value is -2.22. The van der Waals surface area contributed by atoms with Crippen LogP contribution in [-0.4, -0.2) is 34.4 Å². The summed E-state index contributed by atoms with van der Waals surface area (Å²) in [6, 6.07) is -0.418. The lowest BCUT2D eigenvalue weighted by Crippen LogP contribution is -2.58. The Morgan fingerprint density at radius 2 is 2.20 bits per heavy atom. The van der Waals surface area contributed by atoms with E-state index >= 15 is 0 Å². The van der Waals surface area contributed by atoms with Gasteiger partial charge in [0, 0.05) is 5.56 Å². The lowest BCUT2D eigenvalue weighted by molar-refractivity contribution is -0.132. The highest BCUT2D eigenvalue weighted by Crippen LogP contribution is 2.26. The molecule has 20 heavy (non-hydrogen) atoms. The van der Waals surface area contributed by atoms with Gasteiger partial charge in [0.15, 0.2) is 0 Å². The van der Waals surface area contributed by atoms with Gasteiger partial charge in [0.05, 0.1) is 6.54 Å². The highest BCUT2D eigenvalue weighted by atomic mass is 16.2. The van der Waals surface area contributed by atoms with Gasteiger partial charge in [0.2, 0.25) is 11.8 Å². The van der Waals surface area contributed by atoms with Crippen molar-refractivity contribution < 1.29 is 9.59 Å². The number of nitrogens with one attached hydrogen (secondary N) is 2. The maximum atomic E-state index is 11.9. The fourth-order valence-electron chi connectivity index (χ4n) is 2.40. The third kappa shape index (κ3) is 2.42. The first-order chi connectivity index (χ1) is 9.62. The molecule has 8 heteroatoms. The number of hydrogen-bond donors (Lipinski definition) is 3. The predicted octanol–water partition coefficient (Wildman–Crippen LogP) is -0.434. The first-order valence-electron chi connectivity index (χ1n) is 6.53. The molecule has 2 amide bonds. The molecule has 1 aliphatic heterocycles. The van der Waals surface area contributed by atoms with Gasteiger partial charge in [-0.1, -0.05) is 13.8 Å². The molecule has 1 atom stereocenters. The lowest BCUT2D eigenvalue weighted by Gasteiger charge is -2.35. The maximum Gasteiger partial charge on any atom is 0.249 e. The van der Waals surface area contributed by atoms with E-state index in [1.165, 1.54) is 6.33 Å². The number of hydrogen-bond acceptors (Lipinski definition) is 7. The van der Waals surface area contributed by atoms with Crippen molar-refractivity contribution in [3.8, 4) is 0 Å². The van der Waals surface area contributed by atoms with Crippen molar-refractivity contribution in [1.82, 2.24) is 15.3 Å². The van der Waals surface area contributed by atoms with Crippen molar-refractivity contribution in [2.75, 3.05) is 16.9 Å². The van der Waals surface area contributed by atoms with E-state index in [4.69, 9.17) is 5.84 Å². The van der Waals surface area contributed by atoms with E-state index in [1.54, 1.807) is 4.90 Å². The molecule has 2 heterocycles. The number of aromatic nitrogens is 2. The number of nitrogens with zero attached hydrogens (tertiary/aromatic N) is 3. The van der Waals surface area contributed by atoms with Gasteiger partial charge in [-0.15, -0.1) is 0 Å². The molecule has 0 bridgehead atoms. The Morgan fingerprint density at radius 3 is 2.80 bits per heavy atom. The minimum Gasteiger partial charge on any atom is -0.335 e. The summed E-state index contributed by atoms with van der Waals surface area (Å²) in [5, 5.41) is 2.34. The molecule has 0 saturated carbocycles. The molecule has 0 aliphatic carbocycles. The molecule has 1 unspecified atom stereocenters. The third-order valence-electron chi connectivity index (χ3n) is 3.33. The molecule has 108 valence electrons. The number of nitrogen functional groups attached to an aromatic ring is 1. The van der Waals surface area contributed by atoms with Crippen molar-refractivity contribution in [2.45, 2.75) is 32.7 Å². The second kappa shape index (κ2) is 5.83. The zero-order chi connectivity index (χ0) is 14.7. The summed E-state index contributed by atoms with van der Waals surface area (Å²) in [5.41, 5.74) is 3.31. The molecule has 8 nitrogen and oxygen atoms in total. The minimum atomic E-state index is -0.418. The standard InChI is InChI=1S/C12H18N6O2/c1-3-7-10(17-13)14-6-15-11(7)18-5-9(19)16-12(20)8(18)4-2/h6,8H,3-5,13H2,1-2H3,(H,14,15,17)(H,16,19,20). The SMILES string of the molecule is CCc1c(NN)ncnc1N1CC(=O)NC(=O)C1CC. The highest BCUT2D eigenvalue weighted by molar-refractivity contribution is 6.04. The topological polar surface area (TPSA) is 113 Å². The molecule has 1 aliphatic rings. The van der Waals surface area contributed by atoms with Crippen LogP contribution in [0.15, 0.2) is 6.33 Å². The Balaban J connectivity index is 2.47. The van der Waals surface area contributed by atoms with Gasteiger partial charge in [0.25, 0.3) is 0 Å². The maximum absolute atomic E-state index is 11.9. The van der Waals surface area contributed by atoms with E-state index in [1.807, 2.05) is 13.8 Å². The summed E-state index contributed by atoms with van der Waals surface area (Å²) in [6.07, 6.45) is 2.59. The monoisotopic (exact) mass is 278 g/mol. The largest absolute Gasteiger partial charge is 0.335 e. The fourth-order valence-corrected chi connectivity index (χ4v) is 2.40. The number of carbonyl (C=O) groups is 2. The fraction of sp³-hybridized carbons (Fsp3) is 0.500. The van der Waals surface area contributed by atoms with Crippen LogP contribution in [-0.2, 0) is 16.0 Å². The van der Waals surface area contributed by atoms with E-state index in [-0.39, 0.29) is 18.4 Å².